The number of carbonyl (C=O) groups excluding carboxylic acids is 2. The van der Waals surface area contributed by atoms with E-state index in [1.54, 1.807) is 6.92 Å². The first-order chi connectivity index (χ1) is 6.22. The highest BCUT2D eigenvalue weighted by Crippen LogP contribution is 1.95. The Morgan fingerprint density at radius 3 is 2.62 bits per heavy atom. The van der Waals surface area contributed by atoms with Gasteiger partial charge in [-0.3, -0.25) is 4.79 Å². The highest BCUT2D eigenvalue weighted by molar-refractivity contribution is 5.81. The quantitative estimate of drug-likeness (QED) is 0.458. The van der Waals surface area contributed by atoms with Gasteiger partial charge in [-0.25, -0.2) is 0 Å². The van der Waals surface area contributed by atoms with Gasteiger partial charge in [-0.2, -0.15) is 0 Å². The fraction of sp³-hybridized carbons (Fsp3) is 0.800. The average Bonchev–Trinajstić information content (AvgIpc) is 2.10. The van der Waals surface area contributed by atoms with Crippen LogP contribution in [-0.2, 0) is 9.59 Å². The second-order valence-electron chi connectivity index (χ2n) is 3.19. The Hall–Kier alpha value is -0.700. The smallest absolute Gasteiger partial charge is 0.146 e. The van der Waals surface area contributed by atoms with Gasteiger partial charge in [0.15, 0.2) is 0 Å². The number of unbranched alkanes of at least 4 members (excludes halogenated alkanes) is 2. The lowest BCUT2D eigenvalue weighted by atomic mass is 10.1. The molecule has 3 nitrogen and oxygen atoms in total. The fourth-order valence-corrected chi connectivity index (χ4v) is 1.20. The first kappa shape index (κ1) is 12.3. The third-order valence-electron chi connectivity index (χ3n) is 2.04. The summed E-state index contributed by atoms with van der Waals surface area (Å²) in [5, 5.41) is 3.16. The Morgan fingerprint density at radius 1 is 1.46 bits per heavy atom. The van der Waals surface area contributed by atoms with Crippen LogP contribution in [0.3, 0.4) is 0 Å². The number of aldehydes is 1. The van der Waals surface area contributed by atoms with Crippen LogP contribution in [0.15, 0.2) is 0 Å². The lowest BCUT2D eigenvalue weighted by Crippen LogP contribution is -2.35. The van der Waals surface area contributed by atoms with E-state index in [-0.39, 0.29) is 11.8 Å². The second-order valence-corrected chi connectivity index (χ2v) is 3.19. The summed E-state index contributed by atoms with van der Waals surface area (Å²) in [6, 6.07) is -0.00349. The molecular weight excluding hydrogens is 166 g/mol. The van der Waals surface area contributed by atoms with Gasteiger partial charge in [0, 0.05) is 6.42 Å². The lowest BCUT2D eigenvalue weighted by molar-refractivity contribution is -0.119. The van der Waals surface area contributed by atoms with Gasteiger partial charge >= 0.3 is 0 Å². The van der Waals surface area contributed by atoms with E-state index in [1.165, 1.54) is 0 Å². The predicted molar refractivity (Wildman–Crippen MR) is 52.7 cm³/mol. The van der Waals surface area contributed by atoms with Crippen molar-refractivity contribution in [1.82, 2.24) is 5.32 Å². The van der Waals surface area contributed by atoms with Crippen LogP contribution in [0.2, 0.25) is 0 Å². The zero-order valence-corrected chi connectivity index (χ0v) is 8.51. The molecule has 0 aliphatic heterocycles. The van der Waals surface area contributed by atoms with Gasteiger partial charge in [-0.15, -0.1) is 0 Å². The van der Waals surface area contributed by atoms with E-state index >= 15 is 0 Å². The van der Waals surface area contributed by atoms with E-state index < -0.39 is 0 Å². The predicted octanol–water partition coefficient (Wildman–Crippen LogP) is 1.31. The molecule has 0 rings (SSSR count). The zero-order valence-electron chi connectivity index (χ0n) is 8.51. The SMILES string of the molecule is CC[C@H](NCCCCC=O)C(C)=O. The molecule has 0 saturated heterocycles. The highest BCUT2D eigenvalue weighted by Gasteiger charge is 2.08. The summed E-state index contributed by atoms with van der Waals surface area (Å²) in [5.74, 6) is 0.192. The van der Waals surface area contributed by atoms with Gasteiger partial charge in [0.25, 0.3) is 0 Å². The maximum absolute atomic E-state index is 11.0. The molecule has 3 heteroatoms. The fourth-order valence-electron chi connectivity index (χ4n) is 1.20. The molecule has 1 N–H and O–H groups in total. The molecule has 0 radical (unpaired) electrons. The molecule has 1 atom stereocenters. The van der Waals surface area contributed by atoms with Gasteiger partial charge < -0.3 is 10.1 Å². The summed E-state index contributed by atoms with van der Waals surface area (Å²) in [6.07, 6.45) is 4.26. The zero-order chi connectivity index (χ0) is 10.1. The van der Waals surface area contributed by atoms with Gasteiger partial charge in [0.1, 0.15) is 12.1 Å². The van der Waals surface area contributed by atoms with Crippen molar-refractivity contribution in [2.45, 2.75) is 45.6 Å². The van der Waals surface area contributed by atoms with E-state index in [0.717, 1.165) is 32.1 Å². The molecule has 0 heterocycles. The second kappa shape index (κ2) is 7.92. The number of rotatable bonds is 8. The van der Waals surface area contributed by atoms with Crippen LogP contribution in [0.4, 0.5) is 0 Å². The summed E-state index contributed by atoms with van der Waals surface area (Å²) < 4.78 is 0. The number of hydrogen-bond donors (Lipinski definition) is 1. The highest BCUT2D eigenvalue weighted by atomic mass is 16.1. The van der Waals surface area contributed by atoms with Crippen molar-refractivity contribution in [3.8, 4) is 0 Å². The molecule has 0 aliphatic rings. The van der Waals surface area contributed by atoms with E-state index in [0.29, 0.717) is 6.42 Å². The minimum absolute atomic E-state index is 0.00349. The molecular formula is C10H19NO2. The maximum Gasteiger partial charge on any atom is 0.146 e. The molecule has 76 valence electrons. The van der Waals surface area contributed by atoms with Crippen LogP contribution in [0.25, 0.3) is 0 Å². The molecule has 0 amide bonds. The van der Waals surface area contributed by atoms with Crippen molar-refractivity contribution in [2.24, 2.45) is 0 Å². The number of carbonyl (C=O) groups is 2. The molecule has 0 aromatic carbocycles. The summed E-state index contributed by atoms with van der Waals surface area (Å²) in [4.78, 5) is 21.0. The van der Waals surface area contributed by atoms with Gasteiger partial charge in [-0.1, -0.05) is 6.92 Å². The molecule has 0 aromatic rings. The van der Waals surface area contributed by atoms with Crippen molar-refractivity contribution < 1.29 is 9.59 Å². The molecule has 0 aliphatic carbocycles. The average molecular weight is 185 g/mol. The first-order valence-corrected chi connectivity index (χ1v) is 4.89. The number of ketones is 1. The van der Waals surface area contributed by atoms with E-state index in [1.807, 2.05) is 6.92 Å². The third kappa shape index (κ3) is 6.46. The van der Waals surface area contributed by atoms with E-state index in [9.17, 15) is 9.59 Å². The van der Waals surface area contributed by atoms with Crippen molar-refractivity contribution in [2.75, 3.05) is 6.54 Å². The Morgan fingerprint density at radius 2 is 2.15 bits per heavy atom. The Balaban J connectivity index is 3.38. The summed E-state index contributed by atoms with van der Waals surface area (Å²) in [5.41, 5.74) is 0. The van der Waals surface area contributed by atoms with Gasteiger partial charge in [0.2, 0.25) is 0 Å². The van der Waals surface area contributed by atoms with Crippen LogP contribution in [0.1, 0.15) is 39.5 Å². The molecule has 0 spiro atoms. The molecule has 0 unspecified atom stereocenters. The Bertz CT molecular complexity index is 157. The van der Waals surface area contributed by atoms with Crippen LogP contribution >= 0.6 is 0 Å². The number of hydrogen-bond acceptors (Lipinski definition) is 3. The largest absolute Gasteiger partial charge is 0.307 e. The standard InChI is InChI=1S/C10H19NO2/c1-3-10(9(2)13)11-7-5-4-6-8-12/h8,10-11H,3-7H2,1-2H3/t10-/m0/s1. The van der Waals surface area contributed by atoms with Crippen molar-refractivity contribution >= 4 is 12.1 Å². The third-order valence-corrected chi connectivity index (χ3v) is 2.04. The van der Waals surface area contributed by atoms with Crippen LogP contribution in [0, 0.1) is 0 Å². The topological polar surface area (TPSA) is 46.2 Å². The number of nitrogens with one attached hydrogen (secondary N) is 1. The Kier molecular flexibility index (Phi) is 7.50. The van der Waals surface area contributed by atoms with Crippen LogP contribution in [0.5, 0.6) is 0 Å². The molecule has 0 saturated carbocycles. The lowest BCUT2D eigenvalue weighted by Gasteiger charge is -2.12. The van der Waals surface area contributed by atoms with Crippen molar-refractivity contribution in [3.05, 3.63) is 0 Å². The minimum Gasteiger partial charge on any atom is -0.307 e. The normalized spacial score (nSPS) is 12.5. The monoisotopic (exact) mass is 185 g/mol. The van der Waals surface area contributed by atoms with Crippen molar-refractivity contribution in [3.63, 3.8) is 0 Å². The molecule has 13 heavy (non-hydrogen) atoms. The summed E-state index contributed by atoms with van der Waals surface area (Å²) in [6.45, 7) is 4.42. The summed E-state index contributed by atoms with van der Waals surface area (Å²) in [7, 11) is 0. The molecule has 0 bridgehead atoms. The molecule has 0 fully saturated rings. The van der Waals surface area contributed by atoms with Gasteiger partial charge in [0.05, 0.1) is 6.04 Å². The van der Waals surface area contributed by atoms with Crippen LogP contribution in [-0.4, -0.2) is 24.7 Å². The minimum atomic E-state index is -0.00349. The van der Waals surface area contributed by atoms with Crippen LogP contribution < -0.4 is 5.32 Å². The van der Waals surface area contributed by atoms with E-state index in [2.05, 4.69) is 5.32 Å². The first-order valence-electron chi connectivity index (χ1n) is 4.89. The summed E-state index contributed by atoms with van der Waals surface area (Å²) >= 11 is 0. The van der Waals surface area contributed by atoms with Crippen molar-refractivity contribution in [1.29, 1.82) is 0 Å². The van der Waals surface area contributed by atoms with E-state index in [4.69, 9.17) is 0 Å². The maximum atomic E-state index is 11.0. The van der Waals surface area contributed by atoms with Gasteiger partial charge in [-0.05, 0) is 32.7 Å². The number of Topliss-reactive ketones (excluding diaryl/α,β-unsaturated/α-hetero) is 1. The Labute approximate surface area is 79.9 Å². The molecule has 0 aromatic heterocycles.